The highest BCUT2D eigenvalue weighted by Crippen LogP contribution is 2.39. The van der Waals surface area contributed by atoms with Crippen molar-refractivity contribution in [2.24, 2.45) is 0 Å². The Morgan fingerprint density at radius 3 is 1.42 bits per heavy atom. The standard InChI is InChI=1S/C33H42Si3/c1-21(2)34-33(35-22(3)4,36-23(5)6)20-27-13-9-12-26-16-30-17-28-14-24-10-7-8-11-25(24)15-29(28)18-31(30)19-32(26)27/h7-19,21-23H,20,34-36H2,1-6H3. The first-order valence-electron chi connectivity index (χ1n) is 14.0. The van der Waals surface area contributed by atoms with Crippen LogP contribution in [0.1, 0.15) is 47.1 Å². The zero-order valence-corrected chi connectivity index (χ0v) is 27.3. The number of rotatable bonds is 8. The van der Waals surface area contributed by atoms with E-state index in [0.29, 0.717) is 0 Å². The first kappa shape index (κ1) is 25.4. The third-order valence-electron chi connectivity index (χ3n) is 7.84. The van der Waals surface area contributed by atoms with Gasteiger partial charge >= 0.3 is 0 Å². The van der Waals surface area contributed by atoms with Crippen LogP contribution in [0.15, 0.2) is 78.9 Å². The smallest absolute Gasteiger partial charge is 0.0228 e. The van der Waals surface area contributed by atoms with Crippen molar-refractivity contribution in [2.45, 2.75) is 68.9 Å². The Kier molecular flexibility index (Phi) is 7.26. The Labute approximate surface area is 224 Å². The second kappa shape index (κ2) is 10.3. The Morgan fingerprint density at radius 2 is 0.917 bits per heavy atom. The van der Waals surface area contributed by atoms with E-state index in [1.807, 2.05) is 0 Å². The summed E-state index contributed by atoms with van der Waals surface area (Å²) in [5, 5.41) is 11.0. The Balaban J connectivity index is 1.65. The van der Waals surface area contributed by atoms with Gasteiger partial charge in [0, 0.05) is 28.6 Å². The van der Waals surface area contributed by atoms with Crippen molar-refractivity contribution in [3.63, 3.8) is 0 Å². The summed E-state index contributed by atoms with van der Waals surface area (Å²) in [5.74, 6) is 0. The largest absolute Gasteiger partial charge is 0.0657 e. The SMILES string of the molecule is CC(C)[SiH2]C(Cc1cccc2cc3cc4cc5ccccc5cc4cc3cc12)([SiH2]C(C)C)[SiH2]C(C)C. The topological polar surface area (TPSA) is 0 Å². The molecule has 0 heterocycles. The maximum Gasteiger partial charge on any atom is 0.0228 e. The molecule has 0 N–H and O–H groups in total. The van der Waals surface area contributed by atoms with E-state index in [9.17, 15) is 0 Å². The highest BCUT2D eigenvalue weighted by atomic mass is 28.3. The Bertz CT molecular complexity index is 1500. The van der Waals surface area contributed by atoms with Crippen LogP contribution in [0, 0.1) is 0 Å². The molecule has 0 saturated carbocycles. The van der Waals surface area contributed by atoms with Gasteiger partial charge in [0.15, 0.2) is 0 Å². The molecule has 0 fully saturated rings. The maximum atomic E-state index is 2.52. The molecular weight excluding hydrogens is 481 g/mol. The molecule has 0 aliphatic carbocycles. The molecule has 0 saturated heterocycles. The summed E-state index contributed by atoms with van der Waals surface area (Å²) in [4.78, 5) is 0. The molecule has 0 aliphatic rings. The van der Waals surface area contributed by atoms with E-state index < -0.39 is 0 Å². The minimum absolute atomic E-state index is 0.108. The predicted molar refractivity (Wildman–Crippen MR) is 174 cm³/mol. The Morgan fingerprint density at radius 1 is 0.500 bits per heavy atom. The van der Waals surface area contributed by atoms with Crippen LogP contribution in [0.4, 0.5) is 0 Å². The van der Waals surface area contributed by atoms with Crippen LogP contribution in [0.3, 0.4) is 0 Å². The molecule has 0 radical (unpaired) electrons. The summed E-state index contributed by atoms with van der Waals surface area (Å²) < 4.78 is 0.766. The summed E-state index contributed by atoms with van der Waals surface area (Å²) in [5.41, 5.74) is 4.38. The molecule has 0 aliphatic heterocycles. The van der Waals surface area contributed by atoms with Gasteiger partial charge in [0.2, 0.25) is 0 Å². The zero-order valence-electron chi connectivity index (χ0n) is 23.1. The fraction of sp³-hybridized carbons (Fsp3) is 0.333. The lowest BCUT2D eigenvalue weighted by molar-refractivity contribution is 0.875. The fourth-order valence-electron chi connectivity index (χ4n) is 7.16. The van der Waals surface area contributed by atoms with Crippen LogP contribution >= 0.6 is 0 Å². The molecule has 0 unspecified atom stereocenters. The average Bonchev–Trinajstić information content (AvgIpc) is 2.79. The number of hydrogen-bond donors (Lipinski definition) is 0. The van der Waals surface area contributed by atoms with Crippen molar-refractivity contribution in [1.29, 1.82) is 0 Å². The van der Waals surface area contributed by atoms with Gasteiger partial charge in [-0.3, -0.25) is 0 Å². The van der Waals surface area contributed by atoms with Gasteiger partial charge in [-0.15, -0.1) is 0 Å². The molecule has 0 amide bonds. The lowest BCUT2D eigenvalue weighted by atomic mass is 9.95. The van der Waals surface area contributed by atoms with E-state index in [4.69, 9.17) is 0 Å². The molecule has 36 heavy (non-hydrogen) atoms. The lowest BCUT2D eigenvalue weighted by Crippen LogP contribution is -2.39. The first-order valence-corrected chi connectivity index (χ1v) is 18.6. The van der Waals surface area contributed by atoms with Crippen LogP contribution in [-0.2, 0) is 6.42 Å². The van der Waals surface area contributed by atoms with Crippen molar-refractivity contribution < 1.29 is 0 Å². The first-order chi connectivity index (χ1) is 17.2. The van der Waals surface area contributed by atoms with Crippen LogP contribution in [0.25, 0.3) is 43.1 Å². The fourth-order valence-corrected chi connectivity index (χ4v) is 26.0. The van der Waals surface area contributed by atoms with Crippen LogP contribution in [0.2, 0.25) is 20.9 Å². The van der Waals surface area contributed by atoms with E-state index >= 15 is 0 Å². The minimum atomic E-state index is -0.108. The van der Waals surface area contributed by atoms with Crippen LogP contribution in [-0.4, -0.2) is 28.6 Å². The molecule has 0 aromatic heterocycles. The summed E-state index contributed by atoms with van der Waals surface area (Å²) in [7, 11) is -0.324. The summed E-state index contributed by atoms with van der Waals surface area (Å²) >= 11 is 0. The van der Waals surface area contributed by atoms with Gasteiger partial charge in [0.05, 0.1) is 0 Å². The van der Waals surface area contributed by atoms with Crippen molar-refractivity contribution >= 4 is 71.6 Å². The van der Waals surface area contributed by atoms with Gasteiger partial charge in [0.25, 0.3) is 0 Å². The summed E-state index contributed by atoms with van der Waals surface area (Å²) in [6.45, 7) is 15.1. The molecule has 0 atom stereocenters. The molecule has 0 spiro atoms. The van der Waals surface area contributed by atoms with Gasteiger partial charge in [-0.2, -0.15) is 0 Å². The molecule has 5 aromatic rings. The van der Waals surface area contributed by atoms with Crippen molar-refractivity contribution in [2.75, 3.05) is 0 Å². The zero-order chi connectivity index (χ0) is 25.4. The normalized spacial score (nSPS) is 15.1. The summed E-state index contributed by atoms with van der Waals surface area (Å²) in [6, 6.07) is 30.4. The molecule has 0 nitrogen and oxygen atoms in total. The maximum absolute atomic E-state index is 2.52. The second-order valence-electron chi connectivity index (χ2n) is 12.7. The Hall–Kier alpha value is -2.21. The summed E-state index contributed by atoms with van der Waals surface area (Å²) in [6.07, 6.45) is 1.35. The van der Waals surface area contributed by atoms with E-state index in [2.05, 4.69) is 120 Å². The number of hydrogen-bond acceptors (Lipinski definition) is 0. The second-order valence-corrected chi connectivity index (χ2v) is 26.3. The van der Waals surface area contributed by atoms with E-state index in [0.717, 1.165) is 20.9 Å². The monoisotopic (exact) mass is 522 g/mol. The molecule has 3 heteroatoms. The van der Waals surface area contributed by atoms with Crippen molar-refractivity contribution in [1.82, 2.24) is 0 Å². The van der Waals surface area contributed by atoms with Gasteiger partial charge in [-0.25, -0.2) is 0 Å². The minimum Gasteiger partial charge on any atom is -0.0657 e. The average molecular weight is 523 g/mol. The van der Waals surface area contributed by atoms with E-state index in [1.165, 1.54) is 49.5 Å². The van der Waals surface area contributed by atoms with Crippen LogP contribution < -0.4 is 0 Å². The third kappa shape index (κ3) is 5.39. The molecule has 0 bridgehead atoms. The van der Waals surface area contributed by atoms with Gasteiger partial charge in [0.1, 0.15) is 0 Å². The molecule has 186 valence electrons. The molecule has 5 aromatic carbocycles. The van der Waals surface area contributed by atoms with Gasteiger partial charge in [-0.05, 0) is 91.5 Å². The third-order valence-corrected chi connectivity index (χ3v) is 18.8. The van der Waals surface area contributed by atoms with E-state index in [1.54, 1.807) is 5.56 Å². The number of benzene rings is 5. The quantitative estimate of drug-likeness (QED) is 0.143. The predicted octanol–water partition coefficient (Wildman–Crippen LogP) is 7.91. The van der Waals surface area contributed by atoms with Crippen molar-refractivity contribution in [3.8, 4) is 0 Å². The molecular formula is C33H42Si3. The highest BCUT2D eigenvalue weighted by molar-refractivity contribution is 6.81. The van der Waals surface area contributed by atoms with Gasteiger partial charge < -0.3 is 0 Å². The van der Waals surface area contributed by atoms with Crippen molar-refractivity contribution in [3.05, 3.63) is 84.4 Å². The highest BCUT2D eigenvalue weighted by Gasteiger charge is 2.34. The lowest BCUT2D eigenvalue weighted by Gasteiger charge is -2.38. The van der Waals surface area contributed by atoms with Gasteiger partial charge in [-0.1, -0.05) is 105 Å². The number of fused-ring (bicyclic) bond motifs is 4. The van der Waals surface area contributed by atoms with E-state index in [-0.39, 0.29) is 28.6 Å². The molecule has 5 rings (SSSR count). The van der Waals surface area contributed by atoms with Crippen LogP contribution in [0.5, 0.6) is 0 Å².